The van der Waals surface area contributed by atoms with Crippen molar-refractivity contribution >= 4 is 5.97 Å². The highest BCUT2D eigenvalue weighted by molar-refractivity contribution is 5.69. The van der Waals surface area contributed by atoms with E-state index in [4.69, 9.17) is 5.11 Å². The third kappa shape index (κ3) is 5.19. The molecule has 14 heavy (non-hydrogen) atoms. The molecule has 4 nitrogen and oxygen atoms in total. The summed E-state index contributed by atoms with van der Waals surface area (Å²) in [6.45, 7) is 6.04. The zero-order chi connectivity index (χ0) is 11.1. The molecule has 2 N–H and O–H groups in total. The summed E-state index contributed by atoms with van der Waals surface area (Å²) in [6, 6.07) is 0.270. The molecule has 0 aromatic rings. The van der Waals surface area contributed by atoms with Crippen molar-refractivity contribution in [3.05, 3.63) is 0 Å². The van der Waals surface area contributed by atoms with E-state index in [0.717, 1.165) is 0 Å². The standard InChI is InChI=1S/C10H21NO3/c1-7(6-12)9(3)11-8(2)5-10(13)14-4/h7-9,11-12H,5-6H2,1-4H3. The summed E-state index contributed by atoms with van der Waals surface area (Å²) in [7, 11) is 1.38. The molecule has 0 rings (SSSR count). The van der Waals surface area contributed by atoms with Gasteiger partial charge in [0.25, 0.3) is 0 Å². The molecule has 0 aliphatic heterocycles. The number of hydrogen-bond donors (Lipinski definition) is 2. The Morgan fingerprint density at radius 3 is 2.43 bits per heavy atom. The number of carbonyl (C=O) groups excluding carboxylic acids is 1. The van der Waals surface area contributed by atoms with Gasteiger partial charge >= 0.3 is 5.97 Å². The van der Waals surface area contributed by atoms with Crippen molar-refractivity contribution in [1.29, 1.82) is 0 Å². The summed E-state index contributed by atoms with van der Waals surface area (Å²) < 4.78 is 4.56. The van der Waals surface area contributed by atoms with Crippen LogP contribution in [-0.2, 0) is 9.53 Å². The second kappa shape index (κ2) is 6.79. The molecule has 0 amide bonds. The number of hydrogen-bond acceptors (Lipinski definition) is 4. The van der Waals surface area contributed by atoms with Gasteiger partial charge in [-0.25, -0.2) is 0 Å². The van der Waals surface area contributed by atoms with Gasteiger partial charge in [-0.1, -0.05) is 6.92 Å². The molecule has 0 heterocycles. The molecule has 0 fully saturated rings. The molecule has 0 bridgehead atoms. The summed E-state index contributed by atoms with van der Waals surface area (Å²) in [5.74, 6) is -0.0241. The first-order valence-electron chi connectivity index (χ1n) is 4.95. The first-order chi connectivity index (χ1) is 6.51. The van der Waals surface area contributed by atoms with E-state index in [1.807, 2.05) is 20.8 Å². The van der Waals surface area contributed by atoms with Crippen LogP contribution >= 0.6 is 0 Å². The van der Waals surface area contributed by atoms with Crippen LogP contribution in [0.4, 0.5) is 0 Å². The summed E-state index contributed by atoms with van der Waals surface area (Å²) in [6.07, 6.45) is 0.360. The van der Waals surface area contributed by atoms with Crippen LogP contribution in [-0.4, -0.2) is 36.9 Å². The van der Waals surface area contributed by atoms with Crippen molar-refractivity contribution < 1.29 is 14.6 Å². The van der Waals surface area contributed by atoms with E-state index in [1.54, 1.807) is 0 Å². The largest absolute Gasteiger partial charge is 0.469 e. The summed E-state index contributed by atoms with van der Waals surface area (Å²) in [5, 5.41) is 12.1. The monoisotopic (exact) mass is 203 g/mol. The van der Waals surface area contributed by atoms with Crippen LogP contribution in [0.3, 0.4) is 0 Å². The molecule has 4 heteroatoms. The molecule has 0 radical (unpaired) electrons. The normalized spacial score (nSPS) is 17.2. The van der Waals surface area contributed by atoms with Gasteiger partial charge in [-0.05, 0) is 19.8 Å². The van der Waals surface area contributed by atoms with Gasteiger partial charge in [0.05, 0.1) is 13.5 Å². The average Bonchev–Trinajstić information content (AvgIpc) is 2.15. The molecule has 0 aliphatic rings. The molecule has 3 unspecified atom stereocenters. The van der Waals surface area contributed by atoms with Crippen molar-refractivity contribution in [2.75, 3.05) is 13.7 Å². The van der Waals surface area contributed by atoms with Crippen molar-refractivity contribution in [2.24, 2.45) is 5.92 Å². The smallest absolute Gasteiger partial charge is 0.307 e. The number of aliphatic hydroxyl groups excluding tert-OH is 1. The summed E-state index contributed by atoms with van der Waals surface area (Å²) in [4.78, 5) is 10.9. The van der Waals surface area contributed by atoms with Crippen LogP contribution in [0.15, 0.2) is 0 Å². The highest BCUT2D eigenvalue weighted by atomic mass is 16.5. The molecule has 3 atom stereocenters. The molecule has 0 saturated heterocycles. The van der Waals surface area contributed by atoms with Crippen molar-refractivity contribution in [2.45, 2.75) is 39.3 Å². The molecular formula is C10H21NO3. The van der Waals surface area contributed by atoms with E-state index in [2.05, 4.69) is 10.1 Å². The zero-order valence-electron chi connectivity index (χ0n) is 9.41. The molecule has 84 valence electrons. The van der Waals surface area contributed by atoms with E-state index >= 15 is 0 Å². The van der Waals surface area contributed by atoms with Crippen molar-refractivity contribution in [1.82, 2.24) is 5.32 Å². The van der Waals surface area contributed by atoms with Gasteiger partial charge in [-0.3, -0.25) is 4.79 Å². The Bertz CT molecular complexity index is 173. The maximum absolute atomic E-state index is 10.9. The van der Waals surface area contributed by atoms with Gasteiger partial charge in [-0.15, -0.1) is 0 Å². The van der Waals surface area contributed by atoms with Crippen LogP contribution in [0.2, 0.25) is 0 Å². The minimum atomic E-state index is -0.214. The lowest BCUT2D eigenvalue weighted by atomic mass is 10.0. The molecule has 0 aromatic carbocycles. The van der Waals surface area contributed by atoms with E-state index in [0.29, 0.717) is 6.42 Å². The van der Waals surface area contributed by atoms with E-state index < -0.39 is 0 Å². The first kappa shape index (κ1) is 13.4. The van der Waals surface area contributed by atoms with Crippen LogP contribution < -0.4 is 5.32 Å². The molecule has 0 aromatic heterocycles. The molecule has 0 saturated carbocycles. The number of esters is 1. The molecule has 0 aliphatic carbocycles. The van der Waals surface area contributed by atoms with E-state index in [9.17, 15) is 4.79 Å². The van der Waals surface area contributed by atoms with Crippen molar-refractivity contribution in [3.8, 4) is 0 Å². The van der Waals surface area contributed by atoms with Crippen molar-refractivity contribution in [3.63, 3.8) is 0 Å². The Hall–Kier alpha value is -0.610. The summed E-state index contributed by atoms with van der Waals surface area (Å²) >= 11 is 0. The van der Waals surface area contributed by atoms with Gasteiger partial charge in [0, 0.05) is 18.7 Å². The summed E-state index contributed by atoms with van der Waals surface area (Å²) in [5.41, 5.74) is 0. The SMILES string of the molecule is COC(=O)CC(C)NC(C)C(C)CO. The number of ether oxygens (including phenoxy) is 1. The fraction of sp³-hybridized carbons (Fsp3) is 0.900. The lowest BCUT2D eigenvalue weighted by Gasteiger charge is -2.23. The van der Waals surface area contributed by atoms with Gasteiger partial charge in [0.2, 0.25) is 0 Å². The maximum atomic E-state index is 10.9. The van der Waals surface area contributed by atoms with Crippen LogP contribution in [0, 0.1) is 5.92 Å². The van der Waals surface area contributed by atoms with E-state index in [1.165, 1.54) is 7.11 Å². The topological polar surface area (TPSA) is 58.6 Å². The van der Waals surface area contributed by atoms with Gasteiger partial charge in [-0.2, -0.15) is 0 Å². The highest BCUT2D eigenvalue weighted by Crippen LogP contribution is 2.03. The Morgan fingerprint density at radius 1 is 1.43 bits per heavy atom. The average molecular weight is 203 g/mol. The molecular weight excluding hydrogens is 182 g/mol. The van der Waals surface area contributed by atoms with E-state index in [-0.39, 0.29) is 30.6 Å². The van der Waals surface area contributed by atoms with Gasteiger partial charge in [0.15, 0.2) is 0 Å². The lowest BCUT2D eigenvalue weighted by molar-refractivity contribution is -0.141. The number of rotatable bonds is 6. The number of carbonyl (C=O) groups is 1. The number of aliphatic hydroxyl groups is 1. The zero-order valence-corrected chi connectivity index (χ0v) is 9.41. The fourth-order valence-electron chi connectivity index (χ4n) is 1.16. The predicted molar refractivity (Wildman–Crippen MR) is 54.9 cm³/mol. The predicted octanol–water partition coefficient (Wildman–Crippen LogP) is 0.544. The highest BCUT2D eigenvalue weighted by Gasteiger charge is 2.15. The van der Waals surface area contributed by atoms with Crippen LogP contribution in [0.1, 0.15) is 27.2 Å². The second-order valence-corrected chi connectivity index (χ2v) is 3.80. The fourth-order valence-corrected chi connectivity index (χ4v) is 1.16. The quantitative estimate of drug-likeness (QED) is 0.619. The van der Waals surface area contributed by atoms with Crippen LogP contribution in [0.25, 0.3) is 0 Å². The van der Waals surface area contributed by atoms with Crippen LogP contribution in [0.5, 0.6) is 0 Å². The Balaban J connectivity index is 3.81. The Kier molecular flexibility index (Phi) is 6.49. The third-order valence-corrected chi connectivity index (χ3v) is 2.39. The Morgan fingerprint density at radius 2 is 2.00 bits per heavy atom. The second-order valence-electron chi connectivity index (χ2n) is 3.80. The minimum absolute atomic E-state index is 0.0754. The maximum Gasteiger partial charge on any atom is 0.307 e. The first-order valence-corrected chi connectivity index (χ1v) is 4.95. The van der Waals surface area contributed by atoms with Gasteiger partial charge < -0.3 is 15.2 Å². The lowest BCUT2D eigenvalue weighted by Crippen LogP contribution is -2.40. The molecule has 0 spiro atoms. The van der Waals surface area contributed by atoms with Gasteiger partial charge in [0.1, 0.15) is 0 Å². The third-order valence-electron chi connectivity index (χ3n) is 2.39. The number of methoxy groups -OCH3 is 1. The Labute approximate surface area is 85.6 Å². The number of nitrogens with one attached hydrogen (secondary N) is 1. The minimum Gasteiger partial charge on any atom is -0.469 e.